The maximum Gasteiger partial charge on any atom is 0.0814 e. The van der Waals surface area contributed by atoms with Crippen LogP contribution in [0.25, 0.3) is 0 Å². The fourth-order valence-corrected chi connectivity index (χ4v) is 2.02. The molecule has 1 aromatic heterocycles. The van der Waals surface area contributed by atoms with Crippen LogP contribution in [-0.2, 0) is 6.42 Å². The summed E-state index contributed by atoms with van der Waals surface area (Å²) >= 11 is 3.40. The molecule has 1 heterocycles. The predicted molar refractivity (Wildman–Crippen MR) is 50.0 cm³/mol. The van der Waals surface area contributed by atoms with Crippen LogP contribution in [0.3, 0.4) is 0 Å². The van der Waals surface area contributed by atoms with E-state index < -0.39 is 0 Å². The number of fused-ring (bicyclic) bond motifs is 1. The zero-order chi connectivity index (χ0) is 8.72. The Kier molecular flexibility index (Phi) is 1.93. The van der Waals surface area contributed by atoms with Crippen molar-refractivity contribution >= 4 is 15.9 Å². The van der Waals surface area contributed by atoms with Crippen LogP contribution in [0.2, 0.25) is 0 Å². The van der Waals surface area contributed by atoms with Crippen LogP contribution in [0.4, 0.5) is 0 Å². The lowest BCUT2D eigenvalue weighted by atomic mass is 10.1. The topological polar surface area (TPSA) is 33.1 Å². The number of aromatic nitrogens is 1. The normalized spacial score (nSPS) is 21.1. The van der Waals surface area contributed by atoms with E-state index in [0.29, 0.717) is 0 Å². The lowest BCUT2D eigenvalue weighted by Crippen LogP contribution is -1.96. The minimum atomic E-state index is -0.301. The Balaban J connectivity index is 2.63. The Morgan fingerprint density at radius 2 is 2.42 bits per heavy atom. The Morgan fingerprint density at radius 1 is 1.67 bits per heavy atom. The third-order valence-electron chi connectivity index (χ3n) is 2.39. The number of pyridine rings is 1. The lowest BCUT2D eigenvalue weighted by molar-refractivity contribution is 0.179. The number of hydrogen-bond donors (Lipinski definition) is 1. The molecule has 2 nitrogen and oxygen atoms in total. The molecule has 0 aliphatic heterocycles. The van der Waals surface area contributed by atoms with Crippen molar-refractivity contribution in [1.82, 2.24) is 4.98 Å². The van der Waals surface area contributed by atoms with E-state index in [1.54, 1.807) is 0 Å². The minimum absolute atomic E-state index is 0.301. The summed E-state index contributed by atoms with van der Waals surface area (Å²) in [5, 5.41) is 9.63. The van der Waals surface area contributed by atoms with Gasteiger partial charge in [-0.3, -0.25) is 4.98 Å². The summed E-state index contributed by atoms with van der Waals surface area (Å²) in [5.41, 5.74) is 3.22. The van der Waals surface area contributed by atoms with E-state index in [4.69, 9.17) is 0 Å². The first kappa shape index (κ1) is 8.20. The molecule has 64 valence electrons. The van der Waals surface area contributed by atoms with E-state index in [2.05, 4.69) is 20.9 Å². The van der Waals surface area contributed by atoms with E-state index in [9.17, 15) is 5.11 Å². The third-order valence-corrected chi connectivity index (χ3v) is 3.19. The van der Waals surface area contributed by atoms with Crippen molar-refractivity contribution in [1.29, 1.82) is 0 Å². The minimum Gasteiger partial charge on any atom is -0.388 e. The number of aliphatic hydroxyl groups is 1. The van der Waals surface area contributed by atoms with E-state index in [-0.39, 0.29) is 6.10 Å². The molecule has 1 aromatic rings. The standard InChI is InChI=1S/C9H10BrNO/c1-5-6(10)4-11-7-2-3-8(12)9(5)7/h4,8,12H,2-3H2,1H3. The molecular weight excluding hydrogens is 218 g/mol. The largest absolute Gasteiger partial charge is 0.388 e. The van der Waals surface area contributed by atoms with Crippen molar-refractivity contribution in [2.24, 2.45) is 0 Å². The molecule has 1 unspecified atom stereocenters. The molecule has 0 aromatic carbocycles. The van der Waals surface area contributed by atoms with Gasteiger partial charge >= 0.3 is 0 Å². The molecule has 0 bridgehead atoms. The van der Waals surface area contributed by atoms with Gasteiger partial charge in [-0.1, -0.05) is 0 Å². The van der Waals surface area contributed by atoms with Crippen molar-refractivity contribution in [3.8, 4) is 0 Å². The number of aryl methyl sites for hydroxylation is 1. The molecule has 0 amide bonds. The van der Waals surface area contributed by atoms with Gasteiger partial charge in [0, 0.05) is 21.9 Å². The van der Waals surface area contributed by atoms with Crippen molar-refractivity contribution in [2.45, 2.75) is 25.9 Å². The first-order valence-electron chi connectivity index (χ1n) is 4.02. The van der Waals surface area contributed by atoms with E-state index in [1.807, 2.05) is 13.1 Å². The highest BCUT2D eigenvalue weighted by molar-refractivity contribution is 9.10. The zero-order valence-electron chi connectivity index (χ0n) is 6.84. The fraction of sp³-hybridized carbons (Fsp3) is 0.444. The summed E-state index contributed by atoms with van der Waals surface area (Å²) in [5.74, 6) is 0. The van der Waals surface area contributed by atoms with Crippen LogP contribution >= 0.6 is 15.9 Å². The molecule has 0 fully saturated rings. The molecule has 1 N–H and O–H groups in total. The summed E-state index contributed by atoms with van der Waals surface area (Å²) in [7, 11) is 0. The smallest absolute Gasteiger partial charge is 0.0814 e. The summed E-state index contributed by atoms with van der Waals surface area (Å²) in [6, 6.07) is 0. The van der Waals surface area contributed by atoms with Crippen LogP contribution in [0.1, 0.15) is 29.3 Å². The Hall–Kier alpha value is -0.410. The molecule has 3 heteroatoms. The van der Waals surface area contributed by atoms with Crippen molar-refractivity contribution in [3.63, 3.8) is 0 Å². The van der Waals surface area contributed by atoms with Gasteiger partial charge in [-0.25, -0.2) is 0 Å². The first-order chi connectivity index (χ1) is 5.70. The van der Waals surface area contributed by atoms with Gasteiger partial charge in [-0.05, 0) is 41.3 Å². The van der Waals surface area contributed by atoms with Crippen LogP contribution in [-0.4, -0.2) is 10.1 Å². The van der Waals surface area contributed by atoms with E-state index >= 15 is 0 Å². The zero-order valence-corrected chi connectivity index (χ0v) is 8.43. The Labute approximate surface area is 79.8 Å². The second-order valence-corrected chi connectivity index (χ2v) is 4.00. The van der Waals surface area contributed by atoms with Crippen LogP contribution in [0, 0.1) is 6.92 Å². The highest BCUT2D eigenvalue weighted by Crippen LogP contribution is 2.34. The maximum absolute atomic E-state index is 9.63. The van der Waals surface area contributed by atoms with Gasteiger partial charge < -0.3 is 5.11 Å². The molecule has 0 radical (unpaired) electrons. The maximum atomic E-state index is 9.63. The second-order valence-electron chi connectivity index (χ2n) is 3.15. The van der Waals surface area contributed by atoms with Crippen molar-refractivity contribution < 1.29 is 5.11 Å². The molecule has 1 aliphatic rings. The van der Waals surface area contributed by atoms with Crippen LogP contribution in [0.15, 0.2) is 10.7 Å². The molecule has 2 rings (SSSR count). The third kappa shape index (κ3) is 1.08. The SMILES string of the molecule is Cc1c(Br)cnc2c1C(O)CC2. The Bertz CT molecular complexity index is 325. The molecule has 1 atom stereocenters. The molecule has 12 heavy (non-hydrogen) atoms. The molecular formula is C9H10BrNO. The van der Waals surface area contributed by atoms with Gasteiger partial charge in [0.05, 0.1) is 6.10 Å². The number of rotatable bonds is 0. The van der Waals surface area contributed by atoms with Gasteiger partial charge in [-0.2, -0.15) is 0 Å². The lowest BCUT2D eigenvalue weighted by Gasteiger charge is -2.08. The number of hydrogen-bond acceptors (Lipinski definition) is 2. The van der Waals surface area contributed by atoms with Crippen molar-refractivity contribution in [2.75, 3.05) is 0 Å². The van der Waals surface area contributed by atoms with E-state index in [0.717, 1.165) is 34.1 Å². The van der Waals surface area contributed by atoms with Gasteiger partial charge in [-0.15, -0.1) is 0 Å². The summed E-state index contributed by atoms with van der Waals surface area (Å²) < 4.78 is 0.988. The monoisotopic (exact) mass is 227 g/mol. The molecule has 1 aliphatic carbocycles. The summed E-state index contributed by atoms with van der Waals surface area (Å²) in [4.78, 5) is 4.26. The van der Waals surface area contributed by atoms with Gasteiger partial charge in [0.25, 0.3) is 0 Å². The highest BCUT2D eigenvalue weighted by Gasteiger charge is 2.24. The van der Waals surface area contributed by atoms with Crippen LogP contribution in [0.5, 0.6) is 0 Å². The number of nitrogens with zero attached hydrogens (tertiary/aromatic N) is 1. The number of halogens is 1. The van der Waals surface area contributed by atoms with Crippen molar-refractivity contribution in [3.05, 3.63) is 27.5 Å². The predicted octanol–water partition coefficient (Wildman–Crippen LogP) is 2.13. The molecule has 0 saturated heterocycles. The highest BCUT2D eigenvalue weighted by atomic mass is 79.9. The number of aliphatic hydroxyl groups excluding tert-OH is 1. The second kappa shape index (κ2) is 2.82. The van der Waals surface area contributed by atoms with Crippen LogP contribution < -0.4 is 0 Å². The molecule has 0 saturated carbocycles. The Morgan fingerprint density at radius 3 is 3.17 bits per heavy atom. The van der Waals surface area contributed by atoms with Gasteiger partial charge in [0.15, 0.2) is 0 Å². The van der Waals surface area contributed by atoms with E-state index in [1.165, 1.54) is 0 Å². The molecule has 0 spiro atoms. The van der Waals surface area contributed by atoms with Gasteiger partial charge in [0.1, 0.15) is 0 Å². The van der Waals surface area contributed by atoms with Gasteiger partial charge in [0.2, 0.25) is 0 Å². The quantitative estimate of drug-likeness (QED) is 0.737. The summed E-state index contributed by atoms with van der Waals surface area (Å²) in [6.45, 7) is 2.01. The average Bonchev–Trinajstić information content (AvgIpc) is 2.41. The average molecular weight is 228 g/mol. The first-order valence-corrected chi connectivity index (χ1v) is 4.81. The fourth-order valence-electron chi connectivity index (χ4n) is 1.71. The summed E-state index contributed by atoms with van der Waals surface area (Å²) in [6.07, 6.45) is 3.24.